The average molecular weight is 396 g/mol. The Morgan fingerprint density at radius 3 is 2.45 bits per heavy atom. The minimum absolute atomic E-state index is 0.243. The number of anilines is 1. The Morgan fingerprint density at radius 1 is 1.30 bits per heavy atom. The molecule has 8 heteroatoms. The van der Waals surface area contributed by atoms with Gasteiger partial charge in [-0.15, -0.1) is 11.3 Å². The minimum Gasteiger partial charge on any atom is -0.380 e. The number of halogens is 2. The number of rotatable bonds is 5. The van der Waals surface area contributed by atoms with Crippen LogP contribution in [0.5, 0.6) is 0 Å². The Morgan fingerprint density at radius 2 is 1.95 bits per heavy atom. The van der Waals surface area contributed by atoms with Crippen molar-refractivity contribution in [1.82, 2.24) is 4.72 Å². The highest BCUT2D eigenvalue weighted by Crippen LogP contribution is 2.32. The number of hydrogen-bond acceptors (Lipinski definition) is 4. The van der Waals surface area contributed by atoms with Crippen molar-refractivity contribution in [2.24, 2.45) is 0 Å². The summed E-state index contributed by atoms with van der Waals surface area (Å²) in [5.41, 5.74) is 0.848. The van der Waals surface area contributed by atoms with Crippen LogP contribution in [-0.4, -0.2) is 15.5 Å². The Kier molecular flexibility index (Phi) is 5.09. The van der Waals surface area contributed by atoms with Gasteiger partial charge in [0.25, 0.3) is 0 Å². The fourth-order valence-electron chi connectivity index (χ4n) is 1.54. The molecule has 0 aliphatic heterocycles. The van der Waals surface area contributed by atoms with Crippen molar-refractivity contribution in [3.05, 3.63) is 44.0 Å². The second-order valence-electron chi connectivity index (χ2n) is 3.92. The molecule has 0 radical (unpaired) electrons. The van der Waals surface area contributed by atoms with Crippen molar-refractivity contribution in [3.8, 4) is 0 Å². The summed E-state index contributed by atoms with van der Waals surface area (Å²) in [6.45, 7) is 0.633. The molecule has 0 atom stereocenters. The van der Waals surface area contributed by atoms with Gasteiger partial charge in [0.15, 0.2) is 0 Å². The van der Waals surface area contributed by atoms with Crippen LogP contribution in [-0.2, 0) is 16.6 Å². The molecule has 4 nitrogen and oxygen atoms in total. The van der Waals surface area contributed by atoms with Gasteiger partial charge in [0, 0.05) is 21.6 Å². The summed E-state index contributed by atoms with van der Waals surface area (Å²) in [6.07, 6.45) is 0. The van der Waals surface area contributed by atoms with Crippen molar-refractivity contribution in [2.45, 2.75) is 11.4 Å². The maximum Gasteiger partial charge on any atom is 0.240 e. The number of nitrogens with one attached hydrogen (secondary N) is 2. The van der Waals surface area contributed by atoms with Crippen molar-refractivity contribution in [3.63, 3.8) is 0 Å². The zero-order chi connectivity index (χ0) is 14.8. The van der Waals surface area contributed by atoms with Gasteiger partial charge < -0.3 is 5.32 Å². The van der Waals surface area contributed by atoms with Gasteiger partial charge in [-0.25, -0.2) is 13.1 Å². The Balaban J connectivity index is 2.04. The maximum absolute atomic E-state index is 11.6. The second-order valence-corrected chi connectivity index (χ2v) is 8.40. The summed E-state index contributed by atoms with van der Waals surface area (Å²) in [5, 5.41) is 3.21. The van der Waals surface area contributed by atoms with Crippen LogP contribution in [0.4, 0.5) is 5.69 Å². The normalized spacial score (nSPS) is 11.6. The van der Waals surface area contributed by atoms with Crippen molar-refractivity contribution >= 4 is 54.6 Å². The topological polar surface area (TPSA) is 58.2 Å². The van der Waals surface area contributed by atoms with Gasteiger partial charge in [-0.3, -0.25) is 0 Å². The predicted octanol–water partition coefficient (Wildman–Crippen LogP) is 3.68. The summed E-state index contributed by atoms with van der Waals surface area (Å²) < 4.78 is 27.0. The van der Waals surface area contributed by atoms with Crippen LogP contribution in [0.25, 0.3) is 0 Å². The summed E-state index contributed by atoms with van der Waals surface area (Å²) in [5.74, 6) is 0. The number of sulfonamides is 1. The quantitative estimate of drug-likeness (QED) is 0.812. The molecule has 0 aliphatic rings. The summed E-state index contributed by atoms with van der Waals surface area (Å²) in [7, 11) is -1.99. The van der Waals surface area contributed by atoms with Crippen LogP contribution in [0.3, 0.4) is 0 Å². The molecule has 1 aromatic heterocycles. The second kappa shape index (κ2) is 6.44. The Bertz CT molecular complexity index is 679. The zero-order valence-corrected chi connectivity index (χ0v) is 14.5. The number of hydrogen-bond donors (Lipinski definition) is 2. The minimum atomic E-state index is -3.38. The lowest BCUT2D eigenvalue weighted by molar-refractivity contribution is 0.588. The molecule has 0 spiro atoms. The van der Waals surface area contributed by atoms with E-state index in [0.29, 0.717) is 6.54 Å². The monoisotopic (exact) mass is 394 g/mol. The van der Waals surface area contributed by atoms with Crippen LogP contribution < -0.4 is 10.0 Å². The van der Waals surface area contributed by atoms with Crippen molar-refractivity contribution in [1.29, 1.82) is 0 Å². The third-order valence-corrected chi connectivity index (χ3v) is 6.50. The largest absolute Gasteiger partial charge is 0.380 e. The highest BCUT2D eigenvalue weighted by molar-refractivity contribution is 9.10. The summed E-state index contributed by atoms with van der Waals surface area (Å²) >= 11 is 10.8. The van der Waals surface area contributed by atoms with Gasteiger partial charge in [0.2, 0.25) is 10.0 Å². The lowest BCUT2D eigenvalue weighted by atomic mass is 10.3. The van der Waals surface area contributed by atoms with Gasteiger partial charge in [-0.05, 0) is 53.3 Å². The first-order valence-electron chi connectivity index (χ1n) is 5.63. The third-order valence-electron chi connectivity index (χ3n) is 2.60. The molecule has 2 N–H and O–H groups in total. The molecule has 1 aromatic carbocycles. The fourth-order valence-corrected chi connectivity index (χ4v) is 4.00. The molecule has 0 unspecified atom stereocenters. The van der Waals surface area contributed by atoms with Crippen molar-refractivity contribution < 1.29 is 8.42 Å². The molecule has 0 bridgehead atoms. The van der Waals surface area contributed by atoms with Crippen molar-refractivity contribution in [2.75, 3.05) is 12.4 Å². The zero-order valence-electron chi connectivity index (χ0n) is 10.5. The Hall–Kier alpha value is -0.600. The van der Waals surface area contributed by atoms with E-state index in [0.717, 1.165) is 19.4 Å². The summed E-state index contributed by atoms with van der Waals surface area (Å²) in [4.78, 5) is 1.33. The number of thiophene rings is 1. The van der Waals surface area contributed by atoms with Crippen LogP contribution >= 0.6 is 38.9 Å². The molecular weight excluding hydrogens is 384 g/mol. The molecule has 0 aliphatic carbocycles. The fraction of sp³-hybridized carbons (Fsp3) is 0.167. The van der Waals surface area contributed by atoms with E-state index in [1.54, 1.807) is 24.3 Å². The van der Waals surface area contributed by atoms with E-state index in [1.807, 2.05) is 6.07 Å². The molecular formula is C12H12BrClN2O2S2. The molecule has 0 amide bonds. The third kappa shape index (κ3) is 3.73. The highest BCUT2D eigenvalue weighted by atomic mass is 79.9. The first-order chi connectivity index (χ1) is 9.42. The lowest BCUT2D eigenvalue weighted by Gasteiger charge is -2.06. The van der Waals surface area contributed by atoms with E-state index in [1.165, 1.54) is 18.4 Å². The van der Waals surface area contributed by atoms with E-state index >= 15 is 0 Å². The molecule has 20 heavy (non-hydrogen) atoms. The van der Waals surface area contributed by atoms with E-state index in [-0.39, 0.29) is 4.90 Å². The van der Waals surface area contributed by atoms with Gasteiger partial charge in [0.1, 0.15) is 4.34 Å². The SMILES string of the molecule is CNS(=O)(=O)c1ccc(NCc2cc(Br)c(Cl)s2)cc1. The van der Waals surface area contributed by atoms with Crippen LogP contribution in [0.2, 0.25) is 4.34 Å². The molecule has 0 saturated carbocycles. The Labute approximate surface area is 135 Å². The molecule has 108 valence electrons. The highest BCUT2D eigenvalue weighted by Gasteiger charge is 2.10. The van der Waals surface area contributed by atoms with Crippen LogP contribution in [0, 0.1) is 0 Å². The van der Waals surface area contributed by atoms with E-state index < -0.39 is 10.0 Å². The van der Waals surface area contributed by atoms with Gasteiger partial charge in [0.05, 0.1) is 4.90 Å². The van der Waals surface area contributed by atoms with Gasteiger partial charge >= 0.3 is 0 Å². The first-order valence-corrected chi connectivity index (χ1v) is 9.10. The predicted molar refractivity (Wildman–Crippen MR) is 87.0 cm³/mol. The molecule has 0 saturated heterocycles. The average Bonchev–Trinajstić information content (AvgIpc) is 2.76. The van der Waals surface area contributed by atoms with E-state index in [9.17, 15) is 8.42 Å². The van der Waals surface area contributed by atoms with E-state index in [4.69, 9.17) is 11.6 Å². The molecule has 2 rings (SSSR count). The van der Waals surface area contributed by atoms with Gasteiger partial charge in [-0.2, -0.15) is 0 Å². The smallest absolute Gasteiger partial charge is 0.240 e. The standard InChI is InChI=1S/C12H12BrClN2O2S2/c1-15-20(17,18)10-4-2-8(3-5-10)16-7-9-6-11(13)12(14)19-9/h2-6,15-16H,7H2,1H3. The number of benzene rings is 1. The first kappa shape index (κ1) is 15.8. The van der Waals surface area contributed by atoms with Crippen LogP contribution in [0.15, 0.2) is 39.7 Å². The van der Waals surface area contributed by atoms with Gasteiger partial charge in [-0.1, -0.05) is 11.6 Å². The maximum atomic E-state index is 11.6. The van der Waals surface area contributed by atoms with Crippen LogP contribution in [0.1, 0.15) is 4.88 Å². The molecule has 0 fully saturated rings. The molecule has 1 heterocycles. The summed E-state index contributed by atoms with van der Waals surface area (Å²) in [6, 6.07) is 8.54. The molecule has 2 aromatic rings. The van der Waals surface area contributed by atoms with E-state index in [2.05, 4.69) is 26.0 Å². The lowest BCUT2D eigenvalue weighted by Crippen LogP contribution is -2.18.